The normalized spacial score (nSPS) is 17.8. The van der Waals surface area contributed by atoms with Gasteiger partial charge in [-0.15, -0.1) is 12.4 Å². The second-order valence-electron chi connectivity index (χ2n) is 3.02. The highest BCUT2D eigenvalue weighted by Crippen LogP contribution is 2.09. The van der Waals surface area contributed by atoms with Crippen LogP contribution in [-0.4, -0.2) is 30.3 Å². The summed E-state index contributed by atoms with van der Waals surface area (Å²) < 4.78 is 4.95. The third-order valence-electron chi connectivity index (χ3n) is 2.02. The number of carbonyl (C=O) groups is 1. The van der Waals surface area contributed by atoms with E-state index in [0.717, 1.165) is 25.9 Å². The molecule has 1 saturated heterocycles. The van der Waals surface area contributed by atoms with Gasteiger partial charge < -0.3 is 9.64 Å². The fourth-order valence-corrected chi connectivity index (χ4v) is 1.19. The minimum atomic E-state index is -0.446. The average molecular weight is 209 g/mol. The Hall–Kier alpha value is -0.480. The van der Waals surface area contributed by atoms with Crippen LogP contribution in [0.15, 0.2) is 0 Å². The minimum absolute atomic E-state index is 0. The number of halogens is 1. The Labute approximate surface area is 84.8 Å². The monoisotopic (exact) mass is 208 g/mol. The number of rotatable bonds is 2. The number of carbonyl (C=O) groups excluding carboxylic acids is 1. The van der Waals surface area contributed by atoms with E-state index in [2.05, 4.69) is 0 Å². The van der Waals surface area contributed by atoms with E-state index >= 15 is 0 Å². The van der Waals surface area contributed by atoms with Crippen molar-refractivity contribution in [1.29, 1.82) is 0 Å². The average Bonchev–Trinajstić information content (AvgIpc) is 2.56. The second kappa shape index (κ2) is 6.05. The van der Waals surface area contributed by atoms with Crippen LogP contribution in [-0.2, 0) is 4.74 Å². The Morgan fingerprint density at radius 3 is 2.54 bits per heavy atom. The molecule has 1 unspecified atom stereocenters. The smallest absolute Gasteiger partial charge is 0.411 e. The Bertz CT molecular complexity index is 160. The molecule has 13 heavy (non-hydrogen) atoms. The van der Waals surface area contributed by atoms with Gasteiger partial charge >= 0.3 is 6.09 Å². The summed E-state index contributed by atoms with van der Waals surface area (Å²) in [6.45, 7) is 3.52. The first kappa shape index (κ1) is 12.5. The van der Waals surface area contributed by atoms with Crippen molar-refractivity contribution in [2.24, 2.45) is 5.73 Å². The van der Waals surface area contributed by atoms with Crippen molar-refractivity contribution in [2.45, 2.75) is 32.4 Å². The van der Waals surface area contributed by atoms with Crippen LogP contribution in [0.1, 0.15) is 26.2 Å². The van der Waals surface area contributed by atoms with Gasteiger partial charge in [-0.1, -0.05) is 6.92 Å². The van der Waals surface area contributed by atoms with E-state index in [-0.39, 0.29) is 18.5 Å². The Balaban J connectivity index is 0.00000144. The molecule has 1 rings (SSSR count). The molecular weight excluding hydrogens is 192 g/mol. The van der Waals surface area contributed by atoms with Gasteiger partial charge in [0.15, 0.2) is 6.23 Å². The summed E-state index contributed by atoms with van der Waals surface area (Å²) in [6.07, 6.45) is 2.12. The topological polar surface area (TPSA) is 55.6 Å². The van der Waals surface area contributed by atoms with E-state index in [1.807, 2.05) is 6.92 Å². The van der Waals surface area contributed by atoms with Crippen molar-refractivity contribution in [3.05, 3.63) is 0 Å². The number of ether oxygens (including phenoxy) is 1. The molecule has 0 aromatic rings. The molecule has 4 nitrogen and oxygen atoms in total. The predicted octanol–water partition coefficient (Wildman–Crippen LogP) is 1.34. The molecule has 1 fully saturated rings. The Morgan fingerprint density at radius 2 is 2.08 bits per heavy atom. The van der Waals surface area contributed by atoms with E-state index in [4.69, 9.17) is 10.5 Å². The van der Waals surface area contributed by atoms with Crippen LogP contribution in [0, 0.1) is 0 Å². The summed E-state index contributed by atoms with van der Waals surface area (Å²) in [5.74, 6) is 0. The van der Waals surface area contributed by atoms with E-state index in [1.165, 1.54) is 0 Å². The lowest BCUT2D eigenvalue weighted by molar-refractivity contribution is 0.0696. The number of hydrogen-bond donors (Lipinski definition) is 1. The van der Waals surface area contributed by atoms with Gasteiger partial charge in [-0.2, -0.15) is 0 Å². The van der Waals surface area contributed by atoms with E-state index in [9.17, 15) is 4.79 Å². The van der Waals surface area contributed by atoms with Gasteiger partial charge in [0.2, 0.25) is 0 Å². The van der Waals surface area contributed by atoms with Crippen molar-refractivity contribution in [3.8, 4) is 0 Å². The maximum absolute atomic E-state index is 11.2. The van der Waals surface area contributed by atoms with Crippen LogP contribution < -0.4 is 5.73 Å². The summed E-state index contributed by atoms with van der Waals surface area (Å²) >= 11 is 0. The molecule has 2 N–H and O–H groups in total. The first-order valence-electron chi connectivity index (χ1n) is 4.45. The fourth-order valence-electron chi connectivity index (χ4n) is 1.19. The molecule has 0 aromatic carbocycles. The molecule has 1 heterocycles. The molecule has 1 atom stereocenters. The van der Waals surface area contributed by atoms with Crippen LogP contribution in [0.3, 0.4) is 0 Å². The Morgan fingerprint density at radius 1 is 1.54 bits per heavy atom. The molecule has 5 heteroatoms. The van der Waals surface area contributed by atoms with Crippen LogP contribution in [0.5, 0.6) is 0 Å². The summed E-state index contributed by atoms with van der Waals surface area (Å²) in [5.41, 5.74) is 5.47. The predicted molar refractivity (Wildman–Crippen MR) is 52.8 cm³/mol. The van der Waals surface area contributed by atoms with E-state index in [0.29, 0.717) is 6.42 Å². The molecule has 0 radical (unpaired) electrons. The molecule has 0 aromatic heterocycles. The lowest BCUT2D eigenvalue weighted by Gasteiger charge is -2.18. The maximum atomic E-state index is 11.2. The van der Waals surface area contributed by atoms with Crippen molar-refractivity contribution in [2.75, 3.05) is 13.1 Å². The van der Waals surface area contributed by atoms with Crippen LogP contribution in [0.4, 0.5) is 4.79 Å². The summed E-state index contributed by atoms with van der Waals surface area (Å²) in [4.78, 5) is 12.9. The van der Waals surface area contributed by atoms with Gasteiger partial charge in [0.1, 0.15) is 0 Å². The molecule has 0 saturated carbocycles. The zero-order valence-electron chi connectivity index (χ0n) is 7.86. The van der Waals surface area contributed by atoms with Crippen molar-refractivity contribution < 1.29 is 9.53 Å². The van der Waals surface area contributed by atoms with Gasteiger partial charge in [-0.25, -0.2) is 4.79 Å². The molecule has 0 bridgehead atoms. The number of amides is 1. The fraction of sp³-hybridized carbons (Fsp3) is 0.875. The lowest BCUT2D eigenvalue weighted by Crippen LogP contribution is -2.35. The molecule has 1 aliphatic heterocycles. The number of nitrogens with zero attached hydrogens (tertiary/aromatic N) is 1. The van der Waals surface area contributed by atoms with Gasteiger partial charge in [-0.3, -0.25) is 5.73 Å². The number of hydrogen-bond acceptors (Lipinski definition) is 3. The highest BCUT2D eigenvalue weighted by molar-refractivity contribution is 5.85. The van der Waals surface area contributed by atoms with Crippen LogP contribution >= 0.6 is 12.4 Å². The first-order chi connectivity index (χ1) is 5.74. The Kier molecular flexibility index (Phi) is 5.82. The van der Waals surface area contributed by atoms with Gasteiger partial charge in [0, 0.05) is 13.1 Å². The second-order valence-corrected chi connectivity index (χ2v) is 3.02. The molecule has 1 aliphatic rings. The zero-order chi connectivity index (χ0) is 8.97. The third-order valence-corrected chi connectivity index (χ3v) is 2.02. The molecule has 1 amide bonds. The minimum Gasteiger partial charge on any atom is -0.431 e. The highest BCUT2D eigenvalue weighted by Gasteiger charge is 2.20. The highest BCUT2D eigenvalue weighted by atomic mass is 35.5. The summed E-state index contributed by atoms with van der Waals surface area (Å²) in [6, 6.07) is 0. The van der Waals surface area contributed by atoms with Crippen molar-refractivity contribution >= 4 is 18.5 Å². The standard InChI is InChI=1S/C8H16N2O2.ClH/c1-2-7(9)12-8(11)10-5-3-4-6-10;/h7H,2-6,9H2,1H3;1H. The van der Waals surface area contributed by atoms with Gasteiger partial charge in [0.25, 0.3) is 0 Å². The number of nitrogens with two attached hydrogens (primary N) is 1. The van der Waals surface area contributed by atoms with Crippen LogP contribution in [0.2, 0.25) is 0 Å². The van der Waals surface area contributed by atoms with E-state index in [1.54, 1.807) is 4.90 Å². The molecular formula is C8H17ClN2O2. The number of likely N-dealkylation sites (tertiary alicyclic amines) is 1. The van der Waals surface area contributed by atoms with Crippen LogP contribution in [0.25, 0.3) is 0 Å². The van der Waals surface area contributed by atoms with Gasteiger partial charge in [0.05, 0.1) is 0 Å². The third kappa shape index (κ3) is 3.83. The molecule has 0 spiro atoms. The summed E-state index contributed by atoms with van der Waals surface area (Å²) in [5, 5.41) is 0. The zero-order valence-corrected chi connectivity index (χ0v) is 8.68. The quantitative estimate of drug-likeness (QED) is 0.697. The maximum Gasteiger partial charge on any atom is 0.411 e. The van der Waals surface area contributed by atoms with Crippen molar-refractivity contribution in [3.63, 3.8) is 0 Å². The SMILES string of the molecule is CCC(N)OC(=O)N1CCCC1.Cl. The van der Waals surface area contributed by atoms with Gasteiger partial charge in [-0.05, 0) is 19.3 Å². The largest absolute Gasteiger partial charge is 0.431 e. The molecule has 78 valence electrons. The summed E-state index contributed by atoms with van der Waals surface area (Å²) in [7, 11) is 0. The molecule has 0 aliphatic carbocycles. The van der Waals surface area contributed by atoms with E-state index < -0.39 is 6.23 Å². The first-order valence-corrected chi connectivity index (χ1v) is 4.45. The van der Waals surface area contributed by atoms with Crippen molar-refractivity contribution in [1.82, 2.24) is 4.90 Å². The lowest BCUT2D eigenvalue weighted by atomic mass is 10.4.